The van der Waals surface area contributed by atoms with Gasteiger partial charge in [-0.3, -0.25) is 9.48 Å². The topological polar surface area (TPSA) is 96.8 Å². The van der Waals surface area contributed by atoms with Crippen LogP contribution in [0.15, 0.2) is 43.4 Å². The molecule has 1 amide bonds. The van der Waals surface area contributed by atoms with Crippen LogP contribution in [0.1, 0.15) is 0 Å². The number of amides is 1. The van der Waals surface area contributed by atoms with Gasteiger partial charge in [-0.05, 0) is 12.1 Å². The summed E-state index contributed by atoms with van der Waals surface area (Å²) < 4.78 is 29.6. The van der Waals surface area contributed by atoms with Crippen LogP contribution < -0.4 is 16.0 Å². The van der Waals surface area contributed by atoms with E-state index < -0.39 is 17.5 Å². The molecule has 1 aromatic carbocycles. The van der Waals surface area contributed by atoms with Gasteiger partial charge in [0, 0.05) is 19.3 Å². The van der Waals surface area contributed by atoms with Crippen molar-refractivity contribution in [3.8, 4) is 0 Å². The lowest BCUT2D eigenvalue weighted by Gasteiger charge is -2.12. The molecule has 2 heterocycles. The Labute approximate surface area is 163 Å². The summed E-state index contributed by atoms with van der Waals surface area (Å²) in [5, 5.41) is 12.0. The molecule has 0 atom stereocenters. The molecule has 28 heavy (non-hydrogen) atoms. The van der Waals surface area contributed by atoms with E-state index in [2.05, 4.69) is 37.6 Å². The first-order chi connectivity index (χ1) is 13.4. The lowest BCUT2D eigenvalue weighted by atomic mass is 10.2. The first-order valence-electron chi connectivity index (χ1n) is 7.83. The smallest absolute Gasteiger partial charge is 0.247 e. The third-order valence-electron chi connectivity index (χ3n) is 3.46. The fraction of sp³-hybridized carbons (Fsp3) is 0.0588. The molecule has 0 saturated carbocycles. The molecule has 0 saturated heterocycles. The molecule has 0 aliphatic heterocycles. The lowest BCUT2D eigenvalue weighted by molar-refractivity contribution is -0.111. The molecule has 3 aromatic rings. The number of carbonyl (C=O) groups is 1. The monoisotopic (exact) mass is 405 g/mol. The summed E-state index contributed by atoms with van der Waals surface area (Å²) in [6.45, 7) is 3.28. The molecule has 11 heteroatoms. The number of rotatable bonds is 6. The van der Waals surface area contributed by atoms with Crippen molar-refractivity contribution < 1.29 is 13.6 Å². The second-order valence-corrected chi connectivity index (χ2v) is 5.96. The van der Waals surface area contributed by atoms with Gasteiger partial charge in [-0.25, -0.2) is 13.8 Å². The van der Waals surface area contributed by atoms with E-state index in [0.29, 0.717) is 11.8 Å². The number of benzene rings is 1. The van der Waals surface area contributed by atoms with E-state index in [9.17, 15) is 13.6 Å². The number of halogens is 3. The van der Waals surface area contributed by atoms with Crippen LogP contribution in [0.5, 0.6) is 0 Å². The van der Waals surface area contributed by atoms with Gasteiger partial charge in [0.1, 0.15) is 16.7 Å². The molecule has 0 radical (unpaired) electrons. The van der Waals surface area contributed by atoms with E-state index in [-0.39, 0.29) is 28.2 Å². The van der Waals surface area contributed by atoms with Crippen LogP contribution in [0.2, 0.25) is 5.02 Å². The average Bonchev–Trinajstić information content (AvgIpc) is 3.06. The van der Waals surface area contributed by atoms with Gasteiger partial charge in [0.25, 0.3) is 0 Å². The summed E-state index contributed by atoms with van der Waals surface area (Å²) >= 11 is 6.07. The van der Waals surface area contributed by atoms with E-state index in [1.807, 2.05) is 0 Å². The van der Waals surface area contributed by atoms with Crippen molar-refractivity contribution in [3.05, 3.63) is 60.0 Å². The average molecular weight is 406 g/mol. The van der Waals surface area contributed by atoms with Crippen molar-refractivity contribution in [2.24, 2.45) is 7.05 Å². The molecule has 3 rings (SSSR count). The number of aromatic nitrogens is 4. The Kier molecular flexibility index (Phi) is 5.50. The molecule has 0 aliphatic carbocycles. The van der Waals surface area contributed by atoms with Crippen molar-refractivity contribution in [1.29, 1.82) is 0 Å². The Morgan fingerprint density at radius 3 is 2.64 bits per heavy atom. The highest BCUT2D eigenvalue weighted by molar-refractivity contribution is 6.32. The predicted octanol–water partition coefficient (Wildman–Crippen LogP) is 3.75. The Morgan fingerprint density at radius 1 is 1.21 bits per heavy atom. The SMILES string of the molecule is C=CC(=O)Nc1cc(Nc2nc(Nc3cnn(C)c3)ncc2Cl)c(F)cc1F. The maximum absolute atomic E-state index is 14.2. The number of anilines is 5. The second-order valence-electron chi connectivity index (χ2n) is 5.55. The van der Waals surface area contributed by atoms with Gasteiger partial charge < -0.3 is 16.0 Å². The van der Waals surface area contributed by atoms with Crippen molar-refractivity contribution in [2.75, 3.05) is 16.0 Å². The van der Waals surface area contributed by atoms with Crippen LogP contribution in [-0.2, 0) is 11.8 Å². The molecular formula is C17H14ClF2N7O. The standard InChI is InChI=1S/C17H14ClF2N7O/c1-3-15(28)24-13-5-14(12(20)4-11(13)19)25-16-10(18)7-21-17(26-16)23-9-6-22-27(2)8-9/h3-8H,1H2,2H3,(H,24,28)(H2,21,23,25,26). The highest BCUT2D eigenvalue weighted by Gasteiger charge is 2.14. The molecule has 8 nitrogen and oxygen atoms in total. The number of nitrogens with zero attached hydrogens (tertiary/aromatic N) is 4. The van der Waals surface area contributed by atoms with Crippen molar-refractivity contribution in [1.82, 2.24) is 19.7 Å². The largest absolute Gasteiger partial charge is 0.336 e. The maximum Gasteiger partial charge on any atom is 0.247 e. The molecule has 0 bridgehead atoms. The first-order valence-corrected chi connectivity index (χ1v) is 8.21. The van der Waals surface area contributed by atoms with E-state index in [0.717, 1.165) is 12.1 Å². The van der Waals surface area contributed by atoms with Crippen LogP contribution in [0, 0.1) is 11.6 Å². The van der Waals surface area contributed by atoms with Gasteiger partial charge in [-0.1, -0.05) is 18.2 Å². The lowest BCUT2D eigenvalue weighted by Crippen LogP contribution is -2.10. The van der Waals surface area contributed by atoms with E-state index >= 15 is 0 Å². The molecular weight excluding hydrogens is 392 g/mol. The fourth-order valence-electron chi connectivity index (χ4n) is 2.18. The van der Waals surface area contributed by atoms with E-state index in [4.69, 9.17) is 11.6 Å². The van der Waals surface area contributed by atoms with Gasteiger partial charge in [0.15, 0.2) is 5.82 Å². The van der Waals surface area contributed by atoms with Gasteiger partial charge >= 0.3 is 0 Å². The number of hydrogen-bond acceptors (Lipinski definition) is 6. The van der Waals surface area contributed by atoms with Crippen molar-refractivity contribution >= 4 is 46.3 Å². The van der Waals surface area contributed by atoms with Gasteiger partial charge in [-0.2, -0.15) is 10.1 Å². The zero-order valence-electron chi connectivity index (χ0n) is 14.5. The Bertz CT molecular complexity index is 1050. The molecule has 0 spiro atoms. The summed E-state index contributed by atoms with van der Waals surface area (Å²) in [5.74, 6) is -2.21. The van der Waals surface area contributed by atoms with Crippen LogP contribution >= 0.6 is 11.6 Å². The maximum atomic E-state index is 14.2. The van der Waals surface area contributed by atoms with Gasteiger partial charge in [0.2, 0.25) is 11.9 Å². The number of hydrogen-bond donors (Lipinski definition) is 3. The third-order valence-corrected chi connectivity index (χ3v) is 3.73. The van der Waals surface area contributed by atoms with Crippen LogP contribution in [0.3, 0.4) is 0 Å². The molecule has 0 fully saturated rings. The van der Waals surface area contributed by atoms with Crippen LogP contribution in [-0.4, -0.2) is 25.7 Å². The zero-order valence-corrected chi connectivity index (χ0v) is 15.3. The number of carbonyl (C=O) groups excluding carboxylic acids is 1. The molecule has 0 unspecified atom stereocenters. The van der Waals surface area contributed by atoms with Crippen molar-refractivity contribution in [3.63, 3.8) is 0 Å². The van der Waals surface area contributed by atoms with Crippen molar-refractivity contribution in [2.45, 2.75) is 0 Å². The number of aryl methyl sites for hydroxylation is 1. The molecule has 144 valence electrons. The summed E-state index contributed by atoms with van der Waals surface area (Å²) in [5.41, 5.74) is 0.263. The first kappa shape index (κ1) is 19.2. The van der Waals surface area contributed by atoms with Gasteiger partial charge in [-0.15, -0.1) is 0 Å². The summed E-state index contributed by atoms with van der Waals surface area (Å²) in [6.07, 6.45) is 5.56. The summed E-state index contributed by atoms with van der Waals surface area (Å²) in [6, 6.07) is 1.71. The Morgan fingerprint density at radius 2 is 1.96 bits per heavy atom. The summed E-state index contributed by atoms with van der Waals surface area (Å²) in [4.78, 5) is 19.6. The van der Waals surface area contributed by atoms with Crippen LogP contribution in [0.25, 0.3) is 0 Å². The Hall–Kier alpha value is -3.53. The predicted molar refractivity (Wildman–Crippen MR) is 102 cm³/mol. The van der Waals surface area contributed by atoms with Gasteiger partial charge in [0.05, 0.1) is 29.5 Å². The minimum Gasteiger partial charge on any atom is -0.336 e. The van der Waals surface area contributed by atoms with E-state index in [1.165, 1.54) is 6.20 Å². The second kappa shape index (κ2) is 8.01. The minimum absolute atomic E-state index is 0.0783. The zero-order chi connectivity index (χ0) is 20.3. The molecule has 0 aliphatic rings. The molecule has 2 aromatic heterocycles. The normalized spacial score (nSPS) is 10.4. The Balaban J connectivity index is 1.88. The fourth-order valence-corrected chi connectivity index (χ4v) is 2.32. The minimum atomic E-state index is -0.939. The van der Waals surface area contributed by atoms with Crippen LogP contribution in [0.4, 0.5) is 37.6 Å². The quantitative estimate of drug-likeness (QED) is 0.540. The number of nitrogens with one attached hydrogen (secondary N) is 3. The summed E-state index contributed by atoms with van der Waals surface area (Å²) in [7, 11) is 1.75. The highest BCUT2D eigenvalue weighted by atomic mass is 35.5. The highest BCUT2D eigenvalue weighted by Crippen LogP contribution is 2.29. The van der Waals surface area contributed by atoms with E-state index in [1.54, 1.807) is 24.1 Å². The molecule has 3 N–H and O–H groups in total. The third kappa shape index (κ3) is 4.41.